The first-order valence-corrected chi connectivity index (χ1v) is 7.15. The minimum absolute atomic E-state index is 0. The van der Waals surface area contributed by atoms with Gasteiger partial charge in [-0.15, -0.1) is 24.8 Å². The van der Waals surface area contributed by atoms with Crippen LogP contribution in [0.1, 0.15) is 17.4 Å². The number of hydrogen-bond donors (Lipinski definition) is 1. The third-order valence-corrected chi connectivity index (χ3v) is 3.92. The van der Waals surface area contributed by atoms with Gasteiger partial charge in [0.25, 0.3) is 0 Å². The molecule has 0 aromatic carbocycles. The smallest absolute Gasteiger partial charge is 0.127 e. The molecule has 122 valence electrons. The number of halogens is 2. The molecule has 1 aliphatic heterocycles. The molecule has 0 bridgehead atoms. The Morgan fingerprint density at radius 3 is 2.86 bits per heavy atom. The number of pyridine rings is 1. The van der Waals surface area contributed by atoms with E-state index in [9.17, 15) is 0 Å². The predicted molar refractivity (Wildman–Crippen MR) is 92.8 cm³/mol. The zero-order valence-electron chi connectivity index (χ0n) is 12.7. The lowest BCUT2D eigenvalue weighted by atomic mass is 10.1. The van der Waals surface area contributed by atoms with E-state index in [1.807, 2.05) is 30.9 Å². The van der Waals surface area contributed by atoms with E-state index in [1.165, 1.54) is 5.56 Å². The highest BCUT2D eigenvalue weighted by Crippen LogP contribution is 2.20. The maximum Gasteiger partial charge on any atom is 0.127 e. The maximum atomic E-state index is 4.51. The molecular weight excluding hydrogens is 321 g/mol. The van der Waals surface area contributed by atoms with E-state index in [1.54, 1.807) is 0 Å². The Kier molecular flexibility index (Phi) is 7.82. The summed E-state index contributed by atoms with van der Waals surface area (Å²) in [6.07, 6.45) is 8.71. The van der Waals surface area contributed by atoms with Gasteiger partial charge >= 0.3 is 0 Å². The van der Waals surface area contributed by atoms with Crippen LogP contribution < -0.4 is 5.32 Å². The molecule has 3 heterocycles. The summed E-state index contributed by atoms with van der Waals surface area (Å²) in [5.41, 5.74) is 1.30. The molecule has 7 heteroatoms. The van der Waals surface area contributed by atoms with Gasteiger partial charge in [0.15, 0.2) is 0 Å². The van der Waals surface area contributed by atoms with Crippen LogP contribution in [0.5, 0.6) is 0 Å². The van der Waals surface area contributed by atoms with Gasteiger partial charge in [-0.25, -0.2) is 4.98 Å². The number of aromatic nitrogens is 3. The second-order valence-corrected chi connectivity index (χ2v) is 5.26. The summed E-state index contributed by atoms with van der Waals surface area (Å²) in [7, 11) is 2.07. The van der Waals surface area contributed by atoms with Crippen molar-refractivity contribution < 1.29 is 0 Å². The lowest BCUT2D eigenvalue weighted by molar-refractivity contribution is 0.155. The summed E-state index contributed by atoms with van der Waals surface area (Å²) in [6.45, 7) is 4.13. The zero-order chi connectivity index (χ0) is 13.8. The van der Waals surface area contributed by atoms with E-state index in [0.29, 0.717) is 6.04 Å². The van der Waals surface area contributed by atoms with Gasteiger partial charge in [-0.1, -0.05) is 6.07 Å². The first-order valence-electron chi connectivity index (χ1n) is 7.15. The standard InChI is InChI=1S/C15H21N5.2ClH/c1-19-9-7-18-15(19)14-12-17-6-10-20(14)8-4-13-3-2-5-16-11-13;;/h2-3,5,7,9,11,14,17H,4,6,8,10,12H2,1H3;2*1H. The molecule has 2 aromatic rings. The Bertz CT molecular complexity index is 546. The molecule has 1 N–H and O–H groups in total. The van der Waals surface area contributed by atoms with Crippen LogP contribution in [0.15, 0.2) is 36.9 Å². The number of piperazine rings is 1. The molecule has 5 nitrogen and oxygen atoms in total. The van der Waals surface area contributed by atoms with Crippen LogP contribution in [-0.4, -0.2) is 45.6 Å². The Labute approximate surface area is 144 Å². The largest absolute Gasteiger partial charge is 0.337 e. The van der Waals surface area contributed by atoms with Crippen LogP contribution in [0.4, 0.5) is 0 Å². The lowest BCUT2D eigenvalue weighted by Crippen LogP contribution is -2.47. The zero-order valence-corrected chi connectivity index (χ0v) is 14.3. The SMILES string of the molecule is Cl.Cl.Cn1ccnc1C1CNCCN1CCc1cccnc1. The predicted octanol–water partition coefficient (Wildman–Crippen LogP) is 1.85. The van der Waals surface area contributed by atoms with Crippen LogP contribution in [0.2, 0.25) is 0 Å². The molecule has 0 amide bonds. The summed E-state index contributed by atoms with van der Waals surface area (Å²) in [4.78, 5) is 11.2. The number of aryl methyl sites for hydroxylation is 1. The summed E-state index contributed by atoms with van der Waals surface area (Å²) in [5, 5.41) is 3.47. The summed E-state index contributed by atoms with van der Waals surface area (Å²) < 4.78 is 2.12. The molecule has 1 unspecified atom stereocenters. The van der Waals surface area contributed by atoms with Gasteiger partial charge in [0.2, 0.25) is 0 Å². The van der Waals surface area contributed by atoms with Gasteiger partial charge in [-0.05, 0) is 18.1 Å². The minimum Gasteiger partial charge on any atom is -0.337 e. The quantitative estimate of drug-likeness (QED) is 0.920. The van der Waals surface area contributed by atoms with E-state index < -0.39 is 0 Å². The Balaban J connectivity index is 0.00000121. The highest BCUT2D eigenvalue weighted by molar-refractivity contribution is 5.85. The summed E-state index contributed by atoms with van der Waals surface area (Å²) in [6, 6.07) is 4.51. The van der Waals surface area contributed by atoms with Gasteiger partial charge in [-0.2, -0.15) is 0 Å². The molecule has 0 radical (unpaired) electrons. The number of rotatable bonds is 4. The minimum atomic E-state index is 0. The van der Waals surface area contributed by atoms with Crippen LogP contribution in [0.3, 0.4) is 0 Å². The van der Waals surface area contributed by atoms with Crippen molar-refractivity contribution in [2.45, 2.75) is 12.5 Å². The molecule has 1 aliphatic rings. The van der Waals surface area contributed by atoms with Crippen molar-refractivity contribution in [3.8, 4) is 0 Å². The number of imidazole rings is 1. The van der Waals surface area contributed by atoms with Gasteiger partial charge in [0.05, 0.1) is 6.04 Å². The number of nitrogens with zero attached hydrogens (tertiary/aromatic N) is 4. The molecule has 0 aliphatic carbocycles. The van der Waals surface area contributed by atoms with Crippen LogP contribution in [0.25, 0.3) is 0 Å². The average Bonchev–Trinajstić information content (AvgIpc) is 2.92. The van der Waals surface area contributed by atoms with Crippen LogP contribution in [0, 0.1) is 0 Å². The molecule has 0 saturated carbocycles. The Morgan fingerprint density at radius 1 is 1.32 bits per heavy atom. The van der Waals surface area contributed by atoms with E-state index in [0.717, 1.165) is 38.4 Å². The molecular formula is C15H23Cl2N5. The molecule has 1 fully saturated rings. The van der Waals surface area contributed by atoms with Gasteiger partial charge in [-0.3, -0.25) is 9.88 Å². The maximum absolute atomic E-state index is 4.51. The van der Waals surface area contributed by atoms with E-state index in [2.05, 4.69) is 37.9 Å². The second-order valence-electron chi connectivity index (χ2n) is 5.26. The van der Waals surface area contributed by atoms with Crippen LogP contribution >= 0.6 is 24.8 Å². The first kappa shape index (κ1) is 18.9. The molecule has 22 heavy (non-hydrogen) atoms. The van der Waals surface area contributed by atoms with E-state index in [-0.39, 0.29) is 24.8 Å². The fourth-order valence-electron chi connectivity index (χ4n) is 2.79. The molecule has 1 atom stereocenters. The molecule has 0 spiro atoms. The van der Waals surface area contributed by atoms with Crippen LogP contribution in [-0.2, 0) is 13.5 Å². The van der Waals surface area contributed by atoms with E-state index >= 15 is 0 Å². The summed E-state index contributed by atoms with van der Waals surface area (Å²) in [5.74, 6) is 1.14. The number of nitrogens with one attached hydrogen (secondary N) is 1. The van der Waals surface area contributed by atoms with Crippen molar-refractivity contribution in [1.29, 1.82) is 0 Å². The molecule has 1 saturated heterocycles. The topological polar surface area (TPSA) is 46.0 Å². The average molecular weight is 344 g/mol. The fourth-order valence-corrected chi connectivity index (χ4v) is 2.79. The molecule has 2 aromatic heterocycles. The van der Waals surface area contributed by atoms with Crippen molar-refractivity contribution >= 4 is 24.8 Å². The number of hydrogen-bond acceptors (Lipinski definition) is 4. The van der Waals surface area contributed by atoms with Crippen molar-refractivity contribution in [1.82, 2.24) is 24.8 Å². The normalized spacial score (nSPS) is 18.3. The highest BCUT2D eigenvalue weighted by atomic mass is 35.5. The summed E-state index contributed by atoms with van der Waals surface area (Å²) >= 11 is 0. The Hall–Kier alpha value is -1.14. The second kappa shape index (κ2) is 9.10. The monoisotopic (exact) mass is 343 g/mol. The lowest BCUT2D eigenvalue weighted by Gasteiger charge is -2.35. The first-order chi connectivity index (χ1) is 9.84. The van der Waals surface area contributed by atoms with Crippen molar-refractivity contribution in [2.75, 3.05) is 26.2 Å². The molecule has 3 rings (SSSR count). The van der Waals surface area contributed by atoms with Gasteiger partial charge < -0.3 is 9.88 Å². The van der Waals surface area contributed by atoms with Crippen molar-refractivity contribution in [2.24, 2.45) is 7.05 Å². The fraction of sp³-hybridized carbons (Fsp3) is 0.467. The van der Waals surface area contributed by atoms with Crippen molar-refractivity contribution in [3.05, 3.63) is 48.3 Å². The van der Waals surface area contributed by atoms with Crippen molar-refractivity contribution in [3.63, 3.8) is 0 Å². The third-order valence-electron chi connectivity index (χ3n) is 3.92. The highest BCUT2D eigenvalue weighted by Gasteiger charge is 2.26. The van der Waals surface area contributed by atoms with E-state index in [4.69, 9.17) is 0 Å². The third kappa shape index (κ3) is 4.43. The van der Waals surface area contributed by atoms with Gasteiger partial charge in [0.1, 0.15) is 5.82 Å². The van der Waals surface area contributed by atoms with Gasteiger partial charge in [0, 0.05) is 58.0 Å². The Morgan fingerprint density at radius 2 is 2.18 bits per heavy atom.